The predicted octanol–water partition coefficient (Wildman–Crippen LogP) is 6.04. The van der Waals surface area contributed by atoms with Gasteiger partial charge in [-0.2, -0.15) is 0 Å². The molecule has 0 amide bonds. The van der Waals surface area contributed by atoms with Crippen molar-refractivity contribution in [3.05, 3.63) is 129 Å². The first-order valence-electron chi connectivity index (χ1n) is 12.4. The fourth-order valence-corrected chi connectivity index (χ4v) is 6.19. The molecule has 3 aromatic carbocycles. The summed E-state index contributed by atoms with van der Waals surface area (Å²) < 4.78 is 28.7. The molecule has 6 nitrogen and oxygen atoms in total. The van der Waals surface area contributed by atoms with E-state index in [0.29, 0.717) is 33.0 Å². The highest BCUT2D eigenvalue weighted by Crippen LogP contribution is 2.31. The smallest absolute Gasteiger partial charge is 0.338 e. The zero-order valence-corrected chi connectivity index (χ0v) is 25.5. The first-order chi connectivity index (χ1) is 19.2. The zero-order valence-electron chi connectivity index (χ0n) is 21.5. The van der Waals surface area contributed by atoms with Crippen molar-refractivity contribution in [1.29, 1.82) is 0 Å². The van der Waals surface area contributed by atoms with E-state index in [1.165, 1.54) is 28.0 Å². The molecule has 0 bridgehead atoms. The van der Waals surface area contributed by atoms with Crippen LogP contribution in [-0.4, -0.2) is 17.1 Å². The molecular formula is C30H23Br2FN2O4S. The van der Waals surface area contributed by atoms with Gasteiger partial charge in [-0.15, -0.1) is 0 Å². The van der Waals surface area contributed by atoms with Crippen LogP contribution in [0.1, 0.15) is 36.6 Å². The maximum Gasteiger partial charge on any atom is 0.338 e. The molecule has 1 atom stereocenters. The van der Waals surface area contributed by atoms with Gasteiger partial charge in [-0.1, -0.05) is 57.6 Å². The second kappa shape index (κ2) is 12.0. The van der Waals surface area contributed by atoms with Crippen molar-refractivity contribution in [1.82, 2.24) is 4.57 Å². The molecule has 0 radical (unpaired) electrons. The van der Waals surface area contributed by atoms with Crippen molar-refractivity contribution >= 4 is 55.2 Å². The van der Waals surface area contributed by atoms with Gasteiger partial charge >= 0.3 is 5.97 Å². The normalized spacial score (nSPS) is 15.0. The molecule has 0 fully saturated rings. The van der Waals surface area contributed by atoms with Crippen LogP contribution < -0.4 is 19.6 Å². The number of hydrogen-bond donors (Lipinski definition) is 0. The van der Waals surface area contributed by atoms with Crippen LogP contribution in [0, 0.1) is 5.82 Å². The number of carbonyl (C=O) groups excluding carboxylic acids is 1. The Morgan fingerprint density at radius 1 is 1.10 bits per heavy atom. The molecule has 0 N–H and O–H groups in total. The summed E-state index contributed by atoms with van der Waals surface area (Å²) in [5.74, 6) is -0.299. The van der Waals surface area contributed by atoms with Crippen LogP contribution in [0.3, 0.4) is 0 Å². The van der Waals surface area contributed by atoms with Gasteiger partial charge in [-0.3, -0.25) is 9.36 Å². The summed E-state index contributed by atoms with van der Waals surface area (Å²) in [6, 6.07) is 18.4. The number of esters is 1. The number of halogens is 3. The van der Waals surface area contributed by atoms with Gasteiger partial charge in [0.05, 0.1) is 32.9 Å². The van der Waals surface area contributed by atoms with Crippen molar-refractivity contribution < 1.29 is 18.7 Å². The van der Waals surface area contributed by atoms with Crippen LogP contribution in [0.2, 0.25) is 0 Å². The molecule has 0 spiro atoms. The quantitative estimate of drug-likeness (QED) is 0.223. The van der Waals surface area contributed by atoms with Crippen molar-refractivity contribution in [3.8, 4) is 5.75 Å². The number of allylic oxidation sites excluding steroid dienone is 1. The van der Waals surface area contributed by atoms with E-state index in [9.17, 15) is 14.0 Å². The minimum atomic E-state index is -0.792. The highest BCUT2D eigenvalue weighted by molar-refractivity contribution is 9.10. The molecular weight excluding hydrogens is 663 g/mol. The molecule has 40 heavy (non-hydrogen) atoms. The fourth-order valence-electron chi connectivity index (χ4n) is 4.37. The van der Waals surface area contributed by atoms with Gasteiger partial charge in [0, 0.05) is 4.47 Å². The molecule has 5 rings (SSSR count). The summed E-state index contributed by atoms with van der Waals surface area (Å²) in [6.07, 6.45) is 1.78. The minimum absolute atomic E-state index is 0.174. The first kappa shape index (κ1) is 28.2. The summed E-state index contributed by atoms with van der Waals surface area (Å²) in [4.78, 5) is 31.7. The van der Waals surface area contributed by atoms with E-state index in [2.05, 4.69) is 36.9 Å². The van der Waals surface area contributed by atoms with Gasteiger partial charge in [0.25, 0.3) is 5.56 Å². The largest absolute Gasteiger partial charge is 0.488 e. The third-order valence-corrected chi connectivity index (χ3v) is 8.40. The summed E-state index contributed by atoms with van der Waals surface area (Å²) in [7, 11) is 0. The first-order valence-corrected chi connectivity index (χ1v) is 14.8. The Hall–Kier alpha value is -3.34. The monoisotopic (exact) mass is 684 g/mol. The number of hydrogen-bond acceptors (Lipinski definition) is 6. The lowest BCUT2D eigenvalue weighted by Gasteiger charge is -2.24. The number of fused-ring (bicyclic) bond motifs is 1. The molecule has 10 heteroatoms. The summed E-state index contributed by atoms with van der Waals surface area (Å²) >= 11 is 8.23. The van der Waals surface area contributed by atoms with Gasteiger partial charge in [0.15, 0.2) is 4.80 Å². The van der Waals surface area contributed by atoms with Gasteiger partial charge in [-0.05, 0) is 88.9 Å². The Kier molecular flexibility index (Phi) is 8.48. The second-order valence-electron chi connectivity index (χ2n) is 8.96. The van der Waals surface area contributed by atoms with E-state index in [1.807, 2.05) is 42.5 Å². The lowest BCUT2D eigenvalue weighted by atomic mass is 9.96. The average Bonchev–Trinajstić information content (AvgIpc) is 3.23. The Morgan fingerprint density at radius 3 is 2.50 bits per heavy atom. The summed E-state index contributed by atoms with van der Waals surface area (Å²) in [5, 5.41) is 0. The van der Waals surface area contributed by atoms with Crippen molar-refractivity contribution in [2.24, 2.45) is 4.99 Å². The lowest BCUT2D eigenvalue weighted by Crippen LogP contribution is -2.39. The van der Waals surface area contributed by atoms with Crippen LogP contribution in [0.5, 0.6) is 5.75 Å². The molecule has 0 unspecified atom stereocenters. The lowest BCUT2D eigenvalue weighted by molar-refractivity contribution is -0.139. The predicted molar refractivity (Wildman–Crippen MR) is 159 cm³/mol. The molecule has 0 aliphatic carbocycles. The van der Waals surface area contributed by atoms with Crippen LogP contribution >= 0.6 is 43.2 Å². The third-order valence-electron chi connectivity index (χ3n) is 6.26. The number of benzene rings is 3. The SMILES string of the molecule is CCOC(=O)C1=C(C)N=c2s/c(=C\c3ccc(OCc4ccc(Br)cc4)c(Br)c3)c(=O)n2[C@H]1c1ccc(F)cc1. The maximum absolute atomic E-state index is 13.7. The highest BCUT2D eigenvalue weighted by atomic mass is 79.9. The van der Waals surface area contributed by atoms with Crippen molar-refractivity contribution in [2.75, 3.05) is 6.61 Å². The van der Waals surface area contributed by atoms with Gasteiger partial charge in [-0.25, -0.2) is 14.2 Å². The highest BCUT2D eigenvalue weighted by Gasteiger charge is 2.33. The molecule has 204 valence electrons. The Morgan fingerprint density at radius 2 is 1.82 bits per heavy atom. The van der Waals surface area contributed by atoms with Gasteiger partial charge in [0.1, 0.15) is 18.2 Å². The maximum atomic E-state index is 13.7. The average molecular weight is 686 g/mol. The van der Waals surface area contributed by atoms with Crippen molar-refractivity contribution in [2.45, 2.75) is 26.5 Å². The summed E-state index contributed by atoms with van der Waals surface area (Å²) in [5.41, 5.74) is 2.81. The van der Waals surface area contributed by atoms with Crippen LogP contribution in [-0.2, 0) is 16.1 Å². The van der Waals surface area contributed by atoms with E-state index in [0.717, 1.165) is 20.1 Å². The molecule has 2 heterocycles. The van der Waals surface area contributed by atoms with E-state index in [-0.39, 0.29) is 17.7 Å². The van der Waals surface area contributed by atoms with Crippen molar-refractivity contribution in [3.63, 3.8) is 0 Å². The molecule has 1 aliphatic heterocycles. The minimum Gasteiger partial charge on any atom is -0.488 e. The van der Waals surface area contributed by atoms with E-state index >= 15 is 0 Å². The second-order valence-corrected chi connectivity index (χ2v) is 11.7. The molecule has 0 saturated carbocycles. The fraction of sp³-hybridized carbons (Fsp3) is 0.167. The topological polar surface area (TPSA) is 69.9 Å². The zero-order chi connectivity index (χ0) is 28.4. The van der Waals surface area contributed by atoms with E-state index in [4.69, 9.17) is 9.47 Å². The molecule has 4 aromatic rings. The van der Waals surface area contributed by atoms with Crippen LogP contribution in [0.4, 0.5) is 4.39 Å². The number of thiazole rings is 1. The van der Waals surface area contributed by atoms with Gasteiger partial charge in [0.2, 0.25) is 0 Å². The molecule has 1 aliphatic rings. The number of carbonyl (C=O) groups is 1. The van der Waals surface area contributed by atoms with E-state index < -0.39 is 17.8 Å². The summed E-state index contributed by atoms with van der Waals surface area (Å²) in [6.45, 7) is 4.01. The standard InChI is InChI=1S/C30H23Br2FN2O4S/c1-3-38-29(37)26-17(2)34-30-35(27(26)20-7-11-22(33)12-8-20)28(36)25(40-30)15-19-6-13-24(23(32)14-19)39-16-18-4-9-21(31)10-5-18/h4-15,27H,3,16H2,1-2H3/b25-15-/t27-/m0/s1. The number of nitrogens with zero attached hydrogens (tertiary/aromatic N) is 2. The number of rotatable bonds is 7. The molecule has 1 aromatic heterocycles. The van der Waals surface area contributed by atoms with Crippen LogP contribution in [0.25, 0.3) is 6.08 Å². The van der Waals surface area contributed by atoms with E-state index in [1.54, 1.807) is 32.1 Å². The number of aromatic nitrogens is 1. The Balaban J connectivity index is 1.51. The third kappa shape index (κ3) is 5.89. The number of ether oxygens (including phenoxy) is 2. The Labute approximate surface area is 250 Å². The van der Waals surface area contributed by atoms with Gasteiger partial charge < -0.3 is 9.47 Å². The van der Waals surface area contributed by atoms with Crippen LogP contribution in [0.15, 0.2) is 96.7 Å². The Bertz CT molecular complexity index is 1800. The molecule has 0 saturated heterocycles.